The monoisotopic (exact) mass is 633 g/mol. The zero-order chi connectivity index (χ0) is 30.9. The molecule has 0 aliphatic heterocycles. The Morgan fingerprint density at radius 3 is 1.87 bits per heavy atom. The van der Waals surface area contributed by atoms with Crippen molar-refractivity contribution in [2.75, 3.05) is 4.90 Å². The fourth-order valence-corrected chi connectivity index (χ4v) is 9.62. The van der Waals surface area contributed by atoms with Gasteiger partial charge in [0.1, 0.15) is 0 Å². The number of anilines is 3. The van der Waals surface area contributed by atoms with Crippen LogP contribution in [0.1, 0.15) is 0 Å². The van der Waals surface area contributed by atoms with Gasteiger partial charge in [-0.05, 0) is 69.8 Å². The Hall–Kier alpha value is -5.48. The van der Waals surface area contributed by atoms with Crippen molar-refractivity contribution in [3.8, 4) is 11.1 Å². The molecule has 0 aliphatic rings. The predicted octanol–water partition coefficient (Wildman–Crippen LogP) is 13.9. The van der Waals surface area contributed by atoms with Gasteiger partial charge in [-0.3, -0.25) is 0 Å². The largest absolute Gasteiger partial charge is 0.310 e. The Labute approximate surface area is 280 Å². The van der Waals surface area contributed by atoms with Crippen LogP contribution in [0.15, 0.2) is 164 Å². The second-order valence-electron chi connectivity index (χ2n) is 12.1. The lowest BCUT2D eigenvalue weighted by Crippen LogP contribution is -2.10. The number of hydrogen-bond donors (Lipinski definition) is 0. The van der Waals surface area contributed by atoms with Gasteiger partial charge in [0.2, 0.25) is 0 Å². The normalized spacial score (nSPS) is 11.8. The van der Waals surface area contributed by atoms with Gasteiger partial charge < -0.3 is 4.90 Å². The molecule has 0 spiro atoms. The van der Waals surface area contributed by atoms with Crippen LogP contribution in [0.2, 0.25) is 0 Å². The summed E-state index contributed by atoms with van der Waals surface area (Å²) >= 11 is 3.77. The average Bonchev–Trinajstić information content (AvgIpc) is 3.71. The number of nitrogens with zero attached hydrogens (tertiary/aromatic N) is 1. The highest BCUT2D eigenvalue weighted by molar-refractivity contribution is 7.27. The molecule has 47 heavy (non-hydrogen) atoms. The lowest BCUT2D eigenvalue weighted by atomic mass is 9.99. The number of thiophene rings is 2. The first-order valence-electron chi connectivity index (χ1n) is 15.9. The molecule has 0 saturated heterocycles. The van der Waals surface area contributed by atoms with Crippen LogP contribution in [0.3, 0.4) is 0 Å². The van der Waals surface area contributed by atoms with Crippen LogP contribution < -0.4 is 4.90 Å². The van der Waals surface area contributed by atoms with Crippen molar-refractivity contribution in [3.63, 3.8) is 0 Å². The third-order valence-corrected chi connectivity index (χ3v) is 11.8. The Balaban J connectivity index is 1.26. The van der Waals surface area contributed by atoms with Crippen LogP contribution in [0, 0.1) is 0 Å². The van der Waals surface area contributed by atoms with Gasteiger partial charge in [-0.25, -0.2) is 0 Å². The SMILES string of the molecule is c1ccc(-c2ccc(N(c3ccc4sc5ccccc5c4c3)c3cc4sc5c6ccccc6ccc5c4c4ccccc34)cc2)cc1. The van der Waals surface area contributed by atoms with Gasteiger partial charge >= 0.3 is 0 Å². The molecule has 0 N–H and O–H groups in total. The van der Waals surface area contributed by atoms with Gasteiger partial charge in [-0.2, -0.15) is 0 Å². The molecule has 220 valence electrons. The van der Waals surface area contributed by atoms with Crippen LogP contribution in [0.4, 0.5) is 17.1 Å². The molecular weight excluding hydrogens is 607 g/mol. The summed E-state index contributed by atoms with van der Waals surface area (Å²) in [6.07, 6.45) is 0. The van der Waals surface area contributed by atoms with Crippen molar-refractivity contribution in [1.29, 1.82) is 0 Å². The Kier molecular flexibility index (Phi) is 5.98. The second-order valence-corrected chi connectivity index (χ2v) is 14.2. The quantitative estimate of drug-likeness (QED) is 0.186. The van der Waals surface area contributed by atoms with E-state index in [1.165, 1.54) is 78.7 Å². The molecule has 2 heterocycles. The summed E-state index contributed by atoms with van der Waals surface area (Å²) in [5.41, 5.74) is 5.92. The summed E-state index contributed by atoms with van der Waals surface area (Å²) in [5.74, 6) is 0. The first kappa shape index (κ1) is 26.7. The molecule has 10 rings (SSSR count). The third kappa shape index (κ3) is 4.21. The lowest BCUT2D eigenvalue weighted by Gasteiger charge is -2.27. The molecule has 0 fully saturated rings. The van der Waals surface area contributed by atoms with E-state index in [1.807, 2.05) is 22.7 Å². The summed E-state index contributed by atoms with van der Waals surface area (Å²) in [5, 5.41) is 10.4. The van der Waals surface area contributed by atoms with E-state index >= 15 is 0 Å². The minimum absolute atomic E-state index is 1.14. The minimum atomic E-state index is 1.14. The van der Waals surface area contributed by atoms with E-state index in [1.54, 1.807) is 0 Å². The summed E-state index contributed by atoms with van der Waals surface area (Å²) in [7, 11) is 0. The van der Waals surface area contributed by atoms with Gasteiger partial charge in [-0.1, -0.05) is 121 Å². The molecule has 0 saturated carbocycles. The highest BCUT2D eigenvalue weighted by Crippen LogP contribution is 2.48. The molecule has 8 aromatic carbocycles. The number of rotatable bonds is 4. The molecule has 0 aliphatic carbocycles. The van der Waals surface area contributed by atoms with Crippen molar-refractivity contribution >= 4 is 102 Å². The lowest BCUT2D eigenvalue weighted by molar-refractivity contribution is 1.31. The van der Waals surface area contributed by atoms with Gasteiger partial charge in [0.05, 0.1) is 5.69 Å². The van der Waals surface area contributed by atoms with Crippen molar-refractivity contribution in [1.82, 2.24) is 0 Å². The third-order valence-electron chi connectivity index (χ3n) is 9.44. The molecule has 2 aromatic heterocycles. The zero-order valence-electron chi connectivity index (χ0n) is 25.4. The maximum absolute atomic E-state index is 2.46. The summed E-state index contributed by atoms with van der Waals surface area (Å²) < 4.78 is 5.29. The molecule has 0 radical (unpaired) electrons. The van der Waals surface area contributed by atoms with Crippen LogP contribution in [-0.4, -0.2) is 0 Å². The fraction of sp³-hybridized carbons (Fsp3) is 0. The molecule has 0 amide bonds. The summed E-state index contributed by atoms with van der Waals surface area (Å²) in [6.45, 7) is 0. The summed E-state index contributed by atoms with van der Waals surface area (Å²) in [4.78, 5) is 2.46. The van der Waals surface area contributed by atoms with Gasteiger partial charge in [-0.15, -0.1) is 22.7 Å². The Morgan fingerprint density at radius 1 is 0.362 bits per heavy atom. The smallest absolute Gasteiger partial charge is 0.0554 e. The topological polar surface area (TPSA) is 3.24 Å². The van der Waals surface area contributed by atoms with Crippen LogP contribution >= 0.6 is 22.7 Å². The van der Waals surface area contributed by atoms with Crippen molar-refractivity contribution in [3.05, 3.63) is 164 Å². The second kappa shape index (κ2) is 10.5. The maximum Gasteiger partial charge on any atom is 0.0554 e. The van der Waals surface area contributed by atoms with Crippen molar-refractivity contribution < 1.29 is 0 Å². The Morgan fingerprint density at radius 2 is 1.02 bits per heavy atom. The van der Waals surface area contributed by atoms with E-state index in [0.29, 0.717) is 0 Å². The van der Waals surface area contributed by atoms with Gasteiger partial charge in [0, 0.05) is 57.1 Å². The first-order chi connectivity index (χ1) is 23.3. The fourth-order valence-electron chi connectivity index (χ4n) is 7.25. The number of benzene rings is 8. The molecule has 3 heteroatoms. The number of hydrogen-bond acceptors (Lipinski definition) is 3. The summed E-state index contributed by atoms with van der Waals surface area (Å²) in [6, 6.07) is 60.1. The first-order valence-corrected chi connectivity index (χ1v) is 17.6. The van der Waals surface area contributed by atoms with Crippen LogP contribution in [-0.2, 0) is 0 Å². The van der Waals surface area contributed by atoms with Crippen molar-refractivity contribution in [2.45, 2.75) is 0 Å². The van der Waals surface area contributed by atoms with E-state index in [9.17, 15) is 0 Å². The molecule has 10 aromatic rings. The van der Waals surface area contributed by atoms with Crippen LogP contribution in [0.25, 0.3) is 73.0 Å². The van der Waals surface area contributed by atoms with Crippen LogP contribution in [0.5, 0.6) is 0 Å². The van der Waals surface area contributed by atoms with E-state index in [4.69, 9.17) is 0 Å². The predicted molar refractivity (Wildman–Crippen MR) is 207 cm³/mol. The van der Waals surface area contributed by atoms with E-state index in [0.717, 1.165) is 11.4 Å². The standard InChI is InChI=1S/C44H27NS2/c1-2-10-28(11-3-1)29-18-21-31(22-19-29)45(32-23-25-41-38(26-32)35-15-8-9-17-40(35)46-41)39-27-42-43(36-16-7-6-14-34(36)39)37-24-20-30-12-4-5-13-33(30)44(37)47-42/h1-27H. The number of fused-ring (bicyclic) bond motifs is 10. The zero-order valence-corrected chi connectivity index (χ0v) is 27.0. The highest BCUT2D eigenvalue weighted by Gasteiger charge is 2.21. The molecular formula is C44H27NS2. The highest BCUT2D eigenvalue weighted by atomic mass is 32.1. The Bertz CT molecular complexity index is 2790. The maximum atomic E-state index is 2.46. The van der Waals surface area contributed by atoms with Gasteiger partial charge in [0.15, 0.2) is 0 Å². The average molecular weight is 634 g/mol. The van der Waals surface area contributed by atoms with E-state index < -0.39 is 0 Å². The van der Waals surface area contributed by atoms with Gasteiger partial charge in [0.25, 0.3) is 0 Å². The van der Waals surface area contributed by atoms with Crippen molar-refractivity contribution in [2.24, 2.45) is 0 Å². The molecule has 1 nitrogen and oxygen atoms in total. The molecule has 0 bridgehead atoms. The molecule has 0 unspecified atom stereocenters. The van der Waals surface area contributed by atoms with E-state index in [2.05, 4.69) is 169 Å². The van der Waals surface area contributed by atoms with E-state index in [-0.39, 0.29) is 0 Å². The minimum Gasteiger partial charge on any atom is -0.310 e. The molecule has 0 atom stereocenters.